The van der Waals surface area contributed by atoms with Gasteiger partial charge in [-0.1, -0.05) is 6.92 Å². The van der Waals surface area contributed by atoms with Gasteiger partial charge in [-0.15, -0.1) is 11.3 Å². The summed E-state index contributed by atoms with van der Waals surface area (Å²) in [5.41, 5.74) is 1.14. The van der Waals surface area contributed by atoms with Crippen LogP contribution in [0.1, 0.15) is 12.7 Å². The molecule has 0 spiro atoms. The molecule has 4 heteroatoms. The molecule has 58 valence electrons. The fraction of sp³-hybridized carbons (Fsp3) is 0.286. The van der Waals surface area contributed by atoms with Crippen LogP contribution in [0, 0.1) is 0 Å². The largest absolute Gasteiger partial charge is 0.341 e. The van der Waals surface area contributed by atoms with Gasteiger partial charge in [0.05, 0.1) is 9.30 Å². The SMILES string of the molecule is CCc1nc2sc(Br)cc2[nH]1. The van der Waals surface area contributed by atoms with E-state index in [1.807, 2.05) is 0 Å². The fourth-order valence-electron chi connectivity index (χ4n) is 0.998. The first-order valence-corrected chi connectivity index (χ1v) is 5.04. The topological polar surface area (TPSA) is 28.7 Å². The van der Waals surface area contributed by atoms with Gasteiger partial charge >= 0.3 is 0 Å². The van der Waals surface area contributed by atoms with Crippen molar-refractivity contribution in [2.45, 2.75) is 13.3 Å². The maximum absolute atomic E-state index is 4.38. The van der Waals surface area contributed by atoms with Crippen molar-refractivity contribution in [3.8, 4) is 0 Å². The Bertz CT molecular complexity index is 345. The minimum absolute atomic E-state index is 0.971. The standard InChI is InChI=1S/C7H7BrN2S/c1-2-6-9-4-3-5(8)11-7(4)10-6/h3H,2H2,1H3,(H,9,10). The van der Waals surface area contributed by atoms with Crippen LogP contribution in [0.15, 0.2) is 9.85 Å². The second-order valence-electron chi connectivity index (χ2n) is 2.31. The van der Waals surface area contributed by atoms with E-state index < -0.39 is 0 Å². The third kappa shape index (κ3) is 1.20. The maximum atomic E-state index is 4.38. The minimum atomic E-state index is 0.971. The number of hydrogen-bond acceptors (Lipinski definition) is 2. The lowest BCUT2D eigenvalue weighted by Gasteiger charge is -1.82. The number of aromatic nitrogens is 2. The second kappa shape index (κ2) is 2.60. The van der Waals surface area contributed by atoms with Gasteiger partial charge in [0.15, 0.2) is 0 Å². The molecule has 2 aromatic heterocycles. The van der Waals surface area contributed by atoms with Crippen LogP contribution >= 0.6 is 27.3 Å². The number of fused-ring (bicyclic) bond motifs is 1. The third-order valence-electron chi connectivity index (χ3n) is 1.53. The summed E-state index contributed by atoms with van der Waals surface area (Å²) >= 11 is 5.07. The number of thiophene rings is 1. The zero-order valence-electron chi connectivity index (χ0n) is 6.02. The summed E-state index contributed by atoms with van der Waals surface area (Å²) in [4.78, 5) is 8.71. The van der Waals surface area contributed by atoms with Crippen molar-refractivity contribution in [1.82, 2.24) is 9.97 Å². The third-order valence-corrected chi connectivity index (χ3v) is 3.06. The van der Waals surface area contributed by atoms with Crippen LogP contribution in [0.3, 0.4) is 0 Å². The molecule has 2 nitrogen and oxygen atoms in total. The molecule has 0 aliphatic heterocycles. The Balaban J connectivity index is 2.64. The van der Waals surface area contributed by atoms with Crippen molar-refractivity contribution in [3.05, 3.63) is 15.7 Å². The number of hydrogen-bond donors (Lipinski definition) is 1. The number of rotatable bonds is 1. The molecule has 0 unspecified atom stereocenters. The van der Waals surface area contributed by atoms with E-state index in [0.717, 1.165) is 26.4 Å². The monoisotopic (exact) mass is 230 g/mol. The summed E-state index contributed by atoms with van der Waals surface area (Å²) in [6.45, 7) is 2.09. The van der Waals surface area contributed by atoms with Gasteiger partial charge in [0.2, 0.25) is 0 Å². The first kappa shape index (κ1) is 7.31. The lowest BCUT2D eigenvalue weighted by atomic mass is 10.5. The van der Waals surface area contributed by atoms with Gasteiger partial charge in [-0.25, -0.2) is 4.98 Å². The Kier molecular flexibility index (Phi) is 1.73. The number of nitrogens with zero attached hydrogens (tertiary/aromatic N) is 1. The van der Waals surface area contributed by atoms with Crippen molar-refractivity contribution in [2.24, 2.45) is 0 Å². The molecule has 0 amide bonds. The van der Waals surface area contributed by atoms with Crippen molar-refractivity contribution >= 4 is 37.6 Å². The average Bonchev–Trinajstić information content (AvgIpc) is 2.43. The predicted molar refractivity (Wildman–Crippen MR) is 51.0 cm³/mol. The van der Waals surface area contributed by atoms with Crippen LogP contribution in [0.2, 0.25) is 0 Å². The number of aryl methyl sites for hydroxylation is 1. The first-order chi connectivity index (χ1) is 5.29. The first-order valence-electron chi connectivity index (χ1n) is 3.43. The van der Waals surface area contributed by atoms with E-state index in [1.165, 1.54) is 0 Å². The number of imidazole rings is 1. The van der Waals surface area contributed by atoms with E-state index in [1.54, 1.807) is 11.3 Å². The highest BCUT2D eigenvalue weighted by molar-refractivity contribution is 9.11. The highest BCUT2D eigenvalue weighted by Crippen LogP contribution is 2.27. The lowest BCUT2D eigenvalue weighted by molar-refractivity contribution is 1.00. The molecule has 0 saturated heterocycles. The minimum Gasteiger partial charge on any atom is -0.341 e. The predicted octanol–water partition coefficient (Wildman–Crippen LogP) is 2.95. The number of H-pyrrole nitrogens is 1. The van der Waals surface area contributed by atoms with E-state index >= 15 is 0 Å². The average molecular weight is 231 g/mol. The second-order valence-corrected chi connectivity index (χ2v) is 4.72. The molecule has 2 heterocycles. The van der Waals surface area contributed by atoms with Crippen molar-refractivity contribution in [1.29, 1.82) is 0 Å². The molecule has 0 aromatic carbocycles. The van der Waals surface area contributed by atoms with Crippen LogP contribution in [-0.2, 0) is 6.42 Å². The molecule has 0 aliphatic carbocycles. The molecule has 0 fully saturated rings. The van der Waals surface area contributed by atoms with Gasteiger partial charge in [-0.3, -0.25) is 0 Å². The van der Waals surface area contributed by atoms with E-state index in [0.29, 0.717) is 0 Å². The molecule has 0 atom stereocenters. The van der Waals surface area contributed by atoms with Gasteiger partial charge in [0.25, 0.3) is 0 Å². The number of halogens is 1. The van der Waals surface area contributed by atoms with Crippen LogP contribution in [0.4, 0.5) is 0 Å². The van der Waals surface area contributed by atoms with Gasteiger partial charge in [0, 0.05) is 6.42 Å². The maximum Gasteiger partial charge on any atom is 0.142 e. The fourth-order valence-corrected chi connectivity index (χ4v) is 2.42. The Morgan fingerprint density at radius 3 is 3.18 bits per heavy atom. The molecule has 1 N–H and O–H groups in total. The molecule has 0 radical (unpaired) electrons. The lowest BCUT2D eigenvalue weighted by Crippen LogP contribution is -1.79. The smallest absolute Gasteiger partial charge is 0.142 e. The van der Waals surface area contributed by atoms with Crippen molar-refractivity contribution in [2.75, 3.05) is 0 Å². The Morgan fingerprint density at radius 1 is 1.73 bits per heavy atom. The molecule has 0 saturated carbocycles. The molecular weight excluding hydrogens is 224 g/mol. The van der Waals surface area contributed by atoms with Crippen LogP contribution in [-0.4, -0.2) is 9.97 Å². The quantitative estimate of drug-likeness (QED) is 0.803. The molecular formula is C7H7BrN2S. The van der Waals surface area contributed by atoms with E-state index in [9.17, 15) is 0 Å². The molecule has 11 heavy (non-hydrogen) atoms. The van der Waals surface area contributed by atoms with Crippen molar-refractivity contribution < 1.29 is 0 Å². The van der Waals surface area contributed by atoms with Crippen LogP contribution in [0.25, 0.3) is 10.3 Å². The molecule has 2 aromatic rings. The zero-order chi connectivity index (χ0) is 7.84. The summed E-state index contributed by atoms with van der Waals surface area (Å²) in [6, 6.07) is 2.06. The number of nitrogens with one attached hydrogen (secondary N) is 1. The van der Waals surface area contributed by atoms with Gasteiger partial charge < -0.3 is 4.98 Å². The Morgan fingerprint density at radius 2 is 2.55 bits per heavy atom. The molecule has 0 aliphatic rings. The Hall–Kier alpha value is -0.350. The molecule has 0 bridgehead atoms. The van der Waals surface area contributed by atoms with Crippen molar-refractivity contribution in [3.63, 3.8) is 0 Å². The van der Waals surface area contributed by atoms with E-state index in [-0.39, 0.29) is 0 Å². The van der Waals surface area contributed by atoms with Gasteiger partial charge in [-0.2, -0.15) is 0 Å². The van der Waals surface area contributed by atoms with Gasteiger partial charge in [-0.05, 0) is 22.0 Å². The zero-order valence-corrected chi connectivity index (χ0v) is 8.42. The summed E-state index contributed by atoms with van der Waals surface area (Å²) < 4.78 is 1.13. The normalized spacial score (nSPS) is 11.1. The summed E-state index contributed by atoms with van der Waals surface area (Å²) in [5.74, 6) is 1.07. The highest BCUT2D eigenvalue weighted by atomic mass is 79.9. The molecule has 2 rings (SSSR count). The number of aromatic amines is 1. The van der Waals surface area contributed by atoms with E-state index in [4.69, 9.17) is 0 Å². The van der Waals surface area contributed by atoms with Crippen LogP contribution in [0.5, 0.6) is 0 Å². The summed E-state index contributed by atoms with van der Waals surface area (Å²) in [6.07, 6.45) is 0.971. The van der Waals surface area contributed by atoms with Gasteiger partial charge in [0.1, 0.15) is 10.7 Å². The van der Waals surface area contributed by atoms with Crippen LogP contribution < -0.4 is 0 Å². The summed E-state index contributed by atoms with van der Waals surface area (Å²) in [5, 5.41) is 0. The van der Waals surface area contributed by atoms with E-state index in [2.05, 4.69) is 38.9 Å². The summed E-state index contributed by atoms with van der Waals surface area (Å²) in [7, 11) is 0. The highest BCUT2D eigenvalue weighted by Gasteiger charge is 2.03. The Labute approximate surface area is 76.8 Å².